The highest BCUT2D eigenvalue weighted by atomic mass is 79.9. The summed E-state index contributed by atoms with van der Waals surface area (Å²) in [6.07, 6.45) is 0.491. The van der Waals surface area contributed by atoms with E-state index in [4.69, 9.17) is 0 Å². The van der Waals surface area contributed by atoms with E-state index in [9.17, 15) is 14.4 Å². The molecule has 1 heterocycles. The molecule has 27 heavy (non-hydrogen) atoms. The maximum absolute atomic E-state index is 12.4. The smallest absolute Gasteiger partial charge is 0.321 e. The molecule has 0 aromatic heterocycles. The molecule has 7 heteroatoms. The van der Waals surface area contributed by atoms with Gasteiger partial charge in [-0.3, -0.25) is 19.4 Å². The van der Waals surface area contributed by atoms with Gasteiger partial charge in [0, 0.05) is 29.8 Å². The number of para-hydroxylation sites is 1. The van der Waals surface area contributed by atoms with Gasteiger partial charge in [-0.2, -0.15) is 0 Å². The SMILES string of the molecule is CCN(C(=O)NCCCN1C(=O)c2ccc(Br)cc2C1=O)c1ccccc1. The Balaban J connectivity index is 1.53. The first-order valence-electron chi connectivity index (χ1n) is 8.79. The Kier molecular flexibility index (Phi) is 5.91. The van der Waals surface area contributed by atoms with E-state index in [0.29, 0.717) is 30.6 Å². The number of urea groups is 1. The molecule has 3 rings (SSSR count). The van der Waals surface area contributed by atoms with Crippen LogP contribution in [-0.4, -0.2) is 42.4 Å². The minimum atomic E-state index is -0.290. The highest BCUT2D eigenvalue weighted by molar-refractivity contribution is 9.10. The number of halogens is 1. The van der Waals surface area contributed by atoms with Crippen LogP contribution in [0, 0.1) is 0 Å². The molecular formula is C20H20BrN3O3. The van der Waals surface area contributed by atoms with Crippen LogP contribution in [0.5, 0.6) is 0 Å². The first-order chi connectivity index (χ1) is 13.0. The van der Waals surface area contributed by atoms with E-state index in [1.807, 2.05) is 37.3 Å². The van der Waals surface area contributed by atoms with Crippen molar-refractivity contribution in [1.82, 2.24) is 10.2 Å². The van der Waals surface area contributed by atoms with E-state index < -0.39 is 0 Å². The third-order valence-corrected chi connectivity index (χ3v) is 4.89. The number of hydrogen-bond acceptors (Lipinski definition) is 3. The van der Waals surface area contributed by atoms with Gasteiger partial charge < -0.3 is 5.32 Å². The zero-order chi connectivity index (χ0) is 19.4. The summed E-state index contributed by atoms with van der Waals surface area (Å²) in [6.45, 7) is 3.09. The zero-order valence-electron chi connectivity index (χ0n) is 14.9. The number of amides is 4. The number of carbonyl (C=O) groups is 3. The molecule has 2 aromatic carbocycles. The zero-order valence-corrected chi connectivity index (χ0v) is 16.5. The van der Waals surface area contributed by atoms with Gasteiger partial charge in [-0.15, -0.1) is 0 Å². The summed E-state index contributed by atoms with van der Waals surface area (Å²) in [7, 11) is 0. The van der Waals surface area contributed by atoms with Crippen molar-refractivity contribution in [2.24, 2.45) is 0 Å². The Bertz CT molecular complexity index is 870. The third-order valence-electron chi connectivity index (χ3n) is 4.40. The molecule has 140 valence electrons. The van der Waals surface area contributed by atoms with E-state index in [2.05, 4.69) is 21.2 Å². The Morgan fingerprint density at radius 3 is 2.48 bits per heavy atom. The van der Waals surface area contributed by atoms with Gasteiger partial charge in [0.25, 0.3) is 11.8 Å². The molecule has 0 saturated carbocycles. The van der Waals surface area contributed by atoms with Crippen molar-refractivity contribution in [1.29, 1.82) is 0 Å². The van der Waals surface area contributed by atoms with Crippen molar-refractivity contribution in [3.05, 3.63) is 64.1 Å². The molecule has 0 bridgehead atoms. The second-order valence-corrected chi connectivity index (χ2v) is 7.03. The number of nitrogens with zero attached hydrogens (tertiary/aromatic N) is 2. The average Bonchev–Trinajstić information content (AvgIpc) is 2.90. The monoisotopic (exact) mass is 429 g/mol. The lowest BCUT2D eigenvalue weighted by Gasteiger charge is -2.22. The number of imide groups is 1. The summed E-state index contributed by atoms with van der Waals surface area (Å²) in [6, 6.07) is 14.3. The molecule has 0 saturated heterocycles. The number of anilines is 1. The molecule has 1 aliphatic rings. The van der Waals surface area contributed by atoms with Gasteiger partial charge in [0.05, 0.1) is 11.1 Å². The summed E-state index contributed by atoms with van der Waals surface area (Å²) in [4.78, 5) is 40.0. The van der Waals surface area contributed by atoms with Crippen molar-refractivity contribution in [2.45, 2.75) is 13.3 Å². The quantitative estimate of drug-likeness (QED) is 0.562. The minimum absolute atomic E-state index is 0.199. The van der Waals surface area contributed by atoms with Crippen molar-refractivity contribution in [2.75, 3.05) is 24.5 Å². The van der Waals surface area contributed by atoms with E-state index in [1.54, 1.807) is 23.1 Å². The highest BCUT2D eigenvalue weighted by Crippen LogP contribution is 2.26. The fourth-order valence-electron chi connectivity index (χ4n) is 3.05. The van der Waals surface area contributed by atoms with Gasteiger partial charge in [0.15, 0.2) is 0 Å². The van der Waals surface area contributed by atoms with Crippen LogP contribution in [0.3, 0.4) is 0 Å². The molecule has 0 fully saturated rings. The minimum Gasteiger partial charge on any atom is -0.338 e. The molecule has 2 aromatic rings. The van der Waals surface area contributed by atoms with Crippen LogP contribution in [0.4, 0.5) is 10.5 Å². The normalized spacial score (nSPS) is 12.9. The van der Waals surface area contributed by atoms with Gasteiger partial charge in [0.1, 0.15) is 0 Å². The van der Waals surface area contributed by atoms with E-state index in [0.717, 1.165) is 10.2 Å². The average molecular weight is 430 g/mol. The van der Waals surface area contributed by atoms with Gasteiger partial charge in [-0.05, 0) is 43.7 Å². The molecule has 0 radical (unpaired) electrons. The molecule has 4 amide bonds. The molecule has 1 N–H and O–H groups in total. The fourth-order valence-corrected chi connectivity index (χ4v) is 3.41. The molecule has 0 unspecified atom stereocenters. The second-order valence-electron chi connectivity index (χ2n) is 6.12. The summed E-state index contributed by atoms with van der Waals surface area (Å²) in [5.41, 5.74) is 1.66. The van der Waals surface area contributed by atoms with Crippen molar-refractivity contribution in [3.63, 3.8) is 0 Å². The van der Waals surface area contributed by atoms with E-state index in [-0.39, 0.29) is 24.4 Å². The summed E-state index contributed by atoms with van der Waals surface area (Å²) in [5, 5.41) is 2.85. The lowest BCUT2D eigenvalue weighted by atomic mass is 10.1. The largest absolute Gasteiger partial charge is 0.338 e. The van der Waals surface area contributed by atoms with Crippen LogP contribution in [0.2, 0.25) is 0 Å². The van der Waals surface area contributed by atoms with Gasteiger partial charge in [-0.1, -0.05) is 34.1 Å². The summed E-state index contributed by atoms with van der Waals surface area (Å²) < 4.78 is 0.761. The number of benzene rings is 2. The van der Waals surface area contributed by atoms with E-state index in [1.165, 1.54) is 4.90 Å². The van der Waals surface area contributed by atoms with Crippen LogP contribution in [0.25, 0.3) is 0 Å². The van der Waals surface area contributed by atoms with Crippen LogP contribution in [0.1, 0.15) is 34.1 Å². The Morgan fingerprint density at radius 1 is 1.07 bits per heavy atom. The molecule has 0 atom stereocenters. The van der Waals surface area contributed by atoms with Crippen molar-refractivity contribution in [3.8, 4) is 0 Å². The first kappa shape index (κ1) is 19.1. The van der Waals surface area contributed by atoms with Crippen molar-refractivity contribution < 1.29 is 14.4 Å². The van der Waals surface area contributed by atoms with Crippen molar-refractivity contribution >= 4 is 39.5 Å². The van der Waals surface area contributed by atoms with Crippen LogP contribution in [0.15, 0.2) is 53.0 Å². The molecule has 1 aliphatic heterocycles. The summed E-state index contributed by atoms with van der Waals surface area (Å²) in [5.74, 6) is -0.574. The second kappa shape index (κ2) is 8.35. The maximum Gasteiger partial charge on any atom is 0.321 e. The Hall–Kier alpha value is -2.67. The predicted octanol–water partition coefficient (Wildman–Crippen LogP) is 3.67. The third kappa shape index (κ3) is 4.03. The topological polar surface area (TPSA) is 69.7 Å². The molecule has 0 aliphatic carbocycles. The van der Waals surface area contributed by atoms with Crippen LogP contribution in [-0.2, 0) is 0 Å². The van der Waals surface area contributed by atoms with Gasteiger partial charge in [0.2, 0.25) is 0 Å². The Morgan fingerprint density at radius 2 is 1.78 bits per heavy atom. The lowest BCUT2D eigenvalue weighted by Crippen LogP contribution is -2.41. The van der Waals surface area contributed by atoms with E-state index >= 15 is 0 Å². The van der Waals surface area contributed by atoms with Crippen LogP contribution >= 0.6 is 15.9 Å². The van der Waals surface area contributed by atoms with Crippen LogP contribution < -0.4 is 10.2 Å². The standard InChI is InChI=1S/C20H20BrN3O3/c1-2-23(15-7-4-3-5-8-15)20(27)22-11-6-12-24-18(25)16-10-9-14(21)13-17(16)19(24)26/h3-5,7-10,13H,2,6,11-12H2,1H3,(H,22,27). The number of hydrogen-bond donors (Lipinski definition) is 1. The first-order valence-corrected chi connectivity index (χ1v) is 9.58. The van der Waals surface area contributed by atoms with Gasteiger partial charge >= 0.3 is 6.03 Å². The number of carbonyl (C=O) groups excluding carboxylic acids is 3. The predicted molar refractivity (Wildman–Crippen MR) is 107 cm³/mol. The van der Waals surface area contributed by atoms with Gasteiger partial charge in [-0.25, -0.2) is 4.79 Å². The maximum atomic E-state index is 12.4. The lowest BCUT2D eigenvalue weighted by molar-refractivity contribution is 0.0653. The number of nitrogens with one attached hydrogen (secondary N) is 1. The molecular weight excluding hydrogens is 410 g/mol. The fraction of sp³-hybridized carbons (Fsp3) is 0.250. The molecule has 6 nitrogen and oxygen atoms in total. The summed E-state index contributed by atoms with van der Waals surface area (Å²) >= 11 is 3.32. The highest BCUT2D eigenvalue weighted by Gasteiger charge is 2.35. The molecule has 0 spiro atoms. The Labute approximate surface area is 166 Å². The number of fused-ring (bicyclic) bond motifs is 1. The number of rotatable bonds is 6.